The quantitative estimate of drug-likeness (QED) is 0.501. The van der Waals surface area contributed by atoms with Gasteiger partial charge in [-0.15, -0.1) is 11.8 Å². The number of para-hydroxylation sites is 1. The van der Waals surface area contributed by atoms with Gasteiger partial charge in [0.05, 0.1) is 11.2 Å². The van der Waals surface area contributed by atoms with Crippen molar-refractivity contribution in [3.8, 4) is 0 Å². The molecule has 1 aromatic heterocycles. The number of thioether (sulfide) groups is 1. The second kappa shape index (κ2) is 9.09. The first kappa shape index (κ1) is 20.7. The number of aromatic amines is 1. The van der Waals surface area contributed by atoms with Gasteiger partial charge in [0.15, 0.2) is 5.43 Å². The normalized spacial score (nSPS) is 14.7. The fourth-order valence-corrected chi connectivity index (χ4v) is 5.20. The van der Waals surface area contributed by atoms with E-state index in [-0.39, 0.29) is 17.3 Å². The highest BCUT2D eigenvalue weighted by molar-refractivity contribution is 7.98. The van der Waals surface area contributed by atoms with Crippen LogP contribution in [0.15, 0.2) is 52.2 Å². The minimum absolute atomic E-state index is 0.0463. The van der Waals surface area contributed by atoms with E-state index < -0.39 is 0 Å². The highest BCUT2D eigenvalue weighted by Gasteiger charge is 2.21. The molecule has 0 unspecified atom stereocenters. The molecule has 4 rings (SSSR count). The van der Waals surface area contributed by atoms with E-state index >= 15 is 0 Å². The molecule has 0 bridgehead atoms. The number of hydrogen-bond acceptors (Lipinski definition) is 3. The zero-order valence-corrected chi connectivity index (χ0v) is 18.4. The number of aromatic nitrogens is 1. The van der Waals surface area contributed by atoms with Crippen LogP contribution >= 0.6 is 11.8 Å². The first-order valence-corrected chi connectivity index (χ1v) is 11.7. The summed E-state index contributed by atoms with van der Waals surface area (Å²) in [6.07, 6.45) is 5.49. The summed E-state index contributed by atoms with van der Waals surface area (Å²) in [7, 11) is 0. The van der Waals surface area contributed by atoms with Crippen LogP contribution in [0.5, 0.6) is 0 Å². The zero-order valence-electron chi connectivity index (χ0n) is 17.6. The van der Waals surface area contributed by atoms with Crippen LogP contribution in [0.2, 0.25) is 0 Å². The predicted molar refractivity (Wildman–Crippen MR) is 125 cm³/mol. The summed E-state index contributed by atoms with van der Waals surface area (Å²) in [5.74, 6) is 0.891. The lowest BCUT2D eigenvalue weighted by Gasteiger charge is -2.21. The van der Waals surface area contributed by atoms with Crippen molar-refractivity contribution in [1.29, 1.82) is 0 Å². The van der Waals surface area contributed by atoms with Crippen molar-refractivity contribution in [2.24, 2.45) is 5.92 Å². The van der Waals surface area contributed by atoms with E-state index in [0.29, 0.717) is 5.75 Å². The Balaban J connectivity index is 1.52. The molecule has 0 saturated heterocycles. The average Bonchev–Trinajstić information content (AvgIpc) is 2.74. The minimum atomic E-state index is 0.0463. The molecule has 156 valence electrons. The van der Waals surface area contributed by atoms with Crippen molar-refractivity contribution in [3.63, 3.8) is 0 Å². The van der Waals surface area contributed by atoms with Gasteiger partial charge in [-0.25, -0.2) is 0 Å². The van der Waals surface area contributed by atoms with Crippen molar-refractivity contribution >= 4 is 34.3 Å². The van der Waals surface area contributed by atoms with Crippen LogP contribution in [0.4, 0.5) is 5.69 Å². The number of hydrogen-bond donors (Lipinski definition) is 2. The van der Waals surface area contributed by atoms with Gasteiger partial charge < -0.3 is 10.3 Å². The number of rotatable bonds is 5. The Morgan fingerprint density at radius 2 is 1.87 bits per heavy atom. The number of amides is 1. The monoisotopic (exact) mass is 420 g/mol. The minimum Gasteiger partial charge on any atom is -0.357 e. The molecule has 1 aliphatic carbocycles. The molecule has 0 aliphatic heterocycles. The molecule has 4 nitrogen and oxygen atoms in total. The second-order valence-corrected chi connectivity index (χ2v) is 9.29. The van der Waals surface area contributed by atoms with Crippen LogP contribution in [0.1, 0.15) is 48.9 Å². The van der Waals surface area contributed by atoms with E-state index in [1.165, 1.54) is 6.42 Å². The number of benzene rings is 2. The third kappa shape index (κ3) is 4.62. The molecule has 5 heteroatoms. The van der Waals surface area contributed by atoms with E-state index in [9.17, 15) is 9.59 Å². The van der Waals surface area contributed by atoms with Gasteiger partial charge >= 0.3 is 0 Å². The third-order valence-electron chi connectivity index (χ3n) is 5.84. The van der Waals surface area contributed by atoms with Gasteiger partial charge in [-0.2, -0.15) is 0 Å². The number of aryl methyl sites for hydroxylation is 2. The average molecular weight is 421 g/mol. The Hall–Kier alpha value is -2.53. The largest absolute Gasteiger partial charge is 0.357 e. The van der Waals surface area contributed by atoms with Crippen LogP contribution in [0.25, 0.3) is 10.9 Å². The summed E-state index contributed by atoms with van der Waals surface area (Å²) in [6, 6.07) is 13.6. The Labute approximate surface area is 181 Å². The molecule has 1 heterocycles. The van der Waals surface area contributed by atoms with Gasteiger partial charge in [0.25, 0.3) is 0 Å². The Bertz CT molecular complexity index is 1130. The van der Waals surface area contributed by atoms with Crippen LogP contribution in [0, 0.1) is 19.8 Å². The van der Waals surface area contributed by atoms with Gasteiger partial charge in [0.2, 0.25) is 5.91 Å². The number of H-pyrrole nitrogens is 1. The summed E-state index contributed by atoms with van der Waals surface area (Å²) in [5.41, 5.74) is 4.86. The SMILES string of the molecule is Cc1cc(C)c2[nH]c(CSc3ccccc3NC(=O)C3CCCCC3)cc(=O)c2c1. The first-order valence-electron chi connectivity index (χ1n) is 10.7. The Morgan fingerprint density at radius 1 is 1.10 bits per heavy atom. The lowest BCUT2D eigenvalue weighted by Crippen LogP contribution is -2.24. The first-order chi connectivity index (χ1) is 14.5. The topological polar surface area (TPSA) is 62.0 Å². The van der Waals surface area contributed by atoms with Crippen molar-refractivity contribution < 1.29 is 4.79 Å². The number of pyridine rings is 1. The van der Waals surface area contributed by atoms with Gasteiger partial charge in [-0.1, -0.05) is 37.5 Å². The summed E-state index contributed by atoms with van der Waals surface area (Å²) < 4.78 is 0. The molecule has 1 aliphatic rings. The van der Waals surface area contributed by atoms with E-state index in [1.807, 2.05) is 44.2 Å². The molecule has 2 aromatic carbocycles. The number of anilines is 1. The van der Waals surface area contributed by atoms with E-state index in [1.54, 1.807) is 17.8 Å². The van der Waals surface area contributed by atoms with Gasteiger partial charge in [0.1, 0.15) is 0 Å². The maximum atomic E-state index is 12.7. The van der Waals surface area contributed by atoms with Crippen LogP contribution in [-0.4, -0.2) is 10.9 Å². The molecule has 3 aromatic rings. The standard InChI is InChI=1S/C25H28N2O2S/c1-16-12-17(2)24-20(13-16)22(28)14-19(26-24)15-30-23-11-7-6-10-21(23)27-25(29)18-8-4-3-5-9-18/h6-7,10-14,18H,3-5,8-9,15H2,1-2H3,(H,26,28)(H,27,29). The maximum absolute atomic E-state index is 12.7. The maximum Gasteiger partial charge on any atom is 0.227 e. The lowest BCUT2D eigenvalue weighted by atomic mass is 9.88. The van der Waals surface area contributed by atoms with Crippen molar-refractivity contribution in [1.82, 2.24) is 4.98 Å². The summed E-state index contributed by atoms with van der Waals surface area (Å²) in [4.78, 5) is 29.8. The van der Waals surface area contributed by atoms with Crippen LogP contribution < -0.4 is 10.7 Å². The third-order valence-corrected chi connectivity index (χ3v) is 6.96. The van der Waals surface area contributed by atoms with Crippen LogP contribution in [-0.2, 0) is 10.5 Å². The Kier molecular flexibility index (Phi) is 6.28. The van der Waals surface area contributed by atoms with E-state index in [4.69, 9.17) is 0 Å². The molecular weight excluding hydrogens is 392 g/mol. The van der Waals surface area contributed by atoms with Crippen molar-refractivity contribution in [3.05, 3.63) is 69.5 Å². The Morgan fingerprint density at radius 3 is 2.67 bits per heavy atom. The molecule has 0 spiro atoms. The smallest absolute Gasteiger partial charge is 0.227 e. The summed E-state index contributed by atoms with van der Waals surface area (Å²) in [5, 5.41) is 3.88. The lowest BCUT2D eigenvalue weighted by molar-refractivity contribution is -0.120. The van der Waals surface area contributed by atoms with Gasteiger partial charge in [-0.3, -0.25) is 9.59 Å². The number of nitrogens with one attached hydrogen (secondary N) is 2. The molecule has 2 N–H and O–H groups in total. The molecule has 1 amide bonds. The molecule has 30 heavy (non-hydrogen) atoms. The molecule has 0 radical (unpaired) electrons. The van der Waals surface area contributed by atoms with E-state index in [2.05, 4.69) is 16.4 Å². The van der Waals surface area contributed by atoms with E-state index in [0.717, 1.165) is 64.0 Å². The zero-order chi connectivity index (χ0) is 21.1. The fourth-order valence-electron chi connectivity index (χ4n) is 4.29. The van der Waals surface area contributed by atoms with Gasteiger partial charge in [0, 0.05) is 33.7 Å². The predicted octanol–water partition coefficient (Wildman–Crippen LogP) is 5.96. The molecule has 1 saturated carbocycles. The van der Waals surface area contributed by atoms with Crippen LogP contribution in [0.3, 0.4) is 0 Å². The summed E-state index contributed by atoms with van der Waals surface area (Å²) in [6.45, 7) is 4.03. The van der Waals surface area contributed by atoms with Crippen molar-refractivity contribution in [2.45, 2.75) is 56.6 Å². The molecular formula is C25H28N2O2S. The fraction of sp³-hybridized carbons (Fsp3) is 0.360. The van der Waals surface area contributed by atoms with Crippen molar-refractivity contribution in [2.75, 3.05) is 5.32 Å². The number of fused-ring (bicyclic) bond motifs is 1. The molecule has 1 fully saturated rings. The number of carbonyl (C=O) groups excluding carboxylic acids is 1. The second-order valence-electron chi connectivity index (χ2n) is 8.27. The number of carbonyl (C=O) groups is 1. The molecule has 0 atom stereocenters. The van der Waals surface area contributed by atoms with Gasteiger partial charge in [-0.05, 0) is 56.0 Å². The summed E-state index contributed by atoms with van der Waals surface area (Å²) >= 11 is 1.63. The highest BCUT2D eigenvalue weighted by atomic mass is 32.2. The highest BCUT2D eigenvalue weighted by Crippen LogP contribution is 2.31.